The molecule has 2 aromatic heterocycles. The fourth-order valence-corrected chi connectivity index (χ4v) is 1.54. The average molecular weight is 266 g/mol. The van der Waals surface area contributed by atoms with E-state index in [0.29, 0.717) is 0 Å². The topological polar surface area (TPSA) is 40.7 Å². The van der Waals surface area contributed by atoms with Crippen molar-refractivity contribution in [2.24, 2.45) is 0 Å². The maximum Gasteiger partial charge on any atom is 0.109 e. The first-order valence-electron chi connectivity index (χ1n) is 4.73. The predicted molar refractivity (Wildman–Crippen MR) is 64.8 cm³/mol. The van der Waals surface area contributed by atoms with Gasteiger partial charge in [-0.05, 0) is 46.1 Å². The highest BCUT2D eigenvalue weighted by Gasteiger charge is 1.98. The summed E-state index contributed by atoms with van der Waals surface area (Å²) in [5.74, 6) is 0. The van der Waals surface area contributed by atoms with Crippen LogP contribution in [0.25, 0.3) is 0 Å². The molecular weight excluding hydrogens is 254 g/mol. The molecule has 0 amide bonds. The first-order chi connectivity index (χ1) is 7.25. The molecule has 0 fully saturated rings. The van der Waals surface area contributed by atoms with Crippen molar-refractivity contribution in [2.45, 2.75) is 13.5 Å². The van der Waals surface area contributed by atoms with Crippen LogP contribution in [0.2, 0.25) is 0 Å². The fraction of sp³-hybridized carbons (Fsp3) is 0.182. The number of pyridine rings is 1. The Morgan fingerprint density at radius 1 is 1.53 bits per heavy atom. The molecule has 0 saturated carbocycles. The van der Waals surface area contributed by atoms with Crippen molar-refractivity contribution in [3.8, 4) is 0 Å². The third-order valence-electron chi connectivity index (χ3n) is 2.17. The summed E-state index contributed by atoms with van der Waals surface area (Å²) in [5.41, 5.74) is 3.40. The zero-order chi connectivity index (χ0) is 10.7. The highest BCUT2D eigenvalue weighted by Crippen LogP contribution is 2.17. The number of nitrogens with zero attached hydrogens (tertiary/aromatic N) is 1. The highest BCUT2D eigenvalue weighted by molar-refractivity contribution is 9.10. The molecule has 2 N–H and O–H groups in total. The minimum atomic E-state index is 0.812. The zero-order valence-electron chi connectivity index (χ0n) is 8.42. The van der Waals surface area contributed by atoms with E-state index in [0.717, 1.165) is 22.4 Å². The average Bonchev–Trinajstić information content (AvgIpc) is 2.73. The van der Waals surface area contributed by atoms with Gasteiger partial charge in [-0.25, -0.2) is 4.98 Å². The summed E-state index contributed by atoms with van der Waals surface area (Å²) in [6, 6.07) is 4.12. The van der Waals surface area contributed by atoms with Crippen molar-refractivity contribution in [2.75, 3.05) is 5.32 Å². The molecule has 0 aliphatic rings. The van der Waals surface area contributed by atoms with E-state index in [1.165, 1.54) is 5.56 Å². The summed E-state index contributed by atoms with van der Waals surface area (Å²) in [7, 11) is 0. The molecule has 0 bridgehead atoms. The number of nitrogens with one attached hydrogen (secondary N) is 2. The Morgan fingerprint density at radius 2 is 2.40 bits per heavy atom. The van der Waals surface area contributed by atoms with Gasteiger partial charge in [0.25, 0.3) is 0 Å². The number of halogens is 1. The van der Waals surface area contributed by atoms with Gasteiger partial charge in [0, 0.05) is 18.9 Å². The molecule has 0 aromatic carbocycles. The third kappa shape index (κ3) is 2.59. The molecule has 15 heavy (non-hydrogen) atoms. The first-order valence-corrected chi connectivity index (χ1v) is 5.52. The number of H-pyrrole nitrogens is 1. The van der Waals surface area contributed by atoms with Crippen LogP contribution in [0.15, 0.2) is 35.3 Å². The van der Waals surface area contributed by atoms with Gasteiger partial charge >= 0.3 is 0 Å². The number of hydrogen-bond acceptors (Lipinski definition) is 2. The number of aryl methyl sites for hydroxylation is 1. The van der Waals surface area contributed by atoms with Gasteiger partial charge in [0.1, 0.15) is 4.60 Å². The number of aromatic amines is 1. The molecule has 78 valence electrons. The van der Waals surface area contributed by atoms with Crippen LogP contribution in [0, 0.1) is 6.92 Å². The zero-order valence-corrected chi connectivity index (χ0v) is 10.0. The molecule has 0 aliphatic carbocycles. The molecule has 2 heterocycles. The fourth-order valence-electron chi connectivity index (χ4n) is 1.33. The second-order valence-electron chi connectivity index (χ2n) is 3.40. The lowest BCUT2D eigenvalue weighted by molar-refractivity contribution is 1.12. The van der Waals surface area contributed by atoms with Crippen molar-refractivity contribution < 1.29 is 0 Å². The lowest BCUT2D eigenvalue weighted by Gasteiger charge is -2.06. The Kier molecular flexibility index (Phi) is 3.06. The molecule has 0 radical (unpaired) electrons. The second kappa shape index (κ2) is 4.49. The van der Waals surface area contributed by atoms with Crippen molar-refractivity contribution in [1.29, 1.82) is 0 Å². The van der Waals surface area contributed by atoms with Crippen LogP contribution in [0.4, 0.5) is 5.69 Å². The molecular formula is C11H12BrN3. The number of aromatic nitrogens is 2. The maximum absolute atomic E-state index is 4.22. The molecule has 4 heteroatoms. The Bertz CT molecular complexity index is 437. The SMILES string of the molecule is Cc1cc(NCc2cc[nH]c2)cnc1Br. The van der Waals surface area contributed by atoms with Crippen molar-refractivity contribution in [1.82, 2.24) is 9.97 Å². The Balaban J connectivity index is 2.02. The van der Waals surface area contributed by atoms with E-state index in [4.69, 9.17) is 0 Å². The van der Waals surface area contributed by atoms with Crippen molar-refractivity contribution in [3.63, 3.8) is 0 Å². The quantitative estimate of drug-likeness (QED) is 0.838. The monoisotopic (exact) mass is 265 g/mol. The van der Waals surface area contributed by atoms with Crippen LogP contribution in [0.3, 0.4) is 0 Å². The Hall–Kier alpha value is -1.29. The number of rotatable bonds is 3. The third-order valence-corrected chi connectivity index (χ3v) is 3.00. The molecule has 2 rings (SSSR count). The van der Waals surface area contributed by atoms with Crippen LogP contribution in [0.5, 0.6) is 0 Å². The summed E-state index contributed by atoms with van der Waals surface area (Å²) in [5, 5.41) is 3.31. The van der Waals surface area contributed by atoms with Gasteiger partial charge in [-0.15, -0.1) is 0 Å². The normalized spacial score (nSPS) is 10.3. The van der Waals surface area contributed by atoms with E-state index in [9.17, 15) is 0 Å². The van der Waals surface area contributed by atoms with Crippen LogP contribution in [-0.2, 0) is 6.54 Å². The van der Waals surface area contributed by atoms with Crippen LogP contribution in [0.1, 0.15) is 11.1 Å². The van der Waals surface area contributed by atoms with Gasteiger partial charge < -0.3 is 10.3 Å². The second-order valence-corrected chi connectivity index (χ2v) is 4.16. The molecule has 0 saturated heterocycles. The van der Waals surface area contributed by atoms with E-state index < -0.39 is 0 Å². The van der Waals surface area contributed by atoms with E-state index in [2.05, 4.69) is 37.3 Å². The van der Waals surface area contributed by atoms with E-state index in [1.807, 2.05) is 31.6 Å². The van der Waals surface area contributed by atoms with Crippen LogP contribution in [-0.4, -0.2) is 9.97 Å². The van der Waals surface area contributed by atoms with E-state index >= 15 is 0 Å². The smallest absolute Gasteiger partial charge is 0.109 e. The molecule has 2 aromatic rings. The Labute approximate surface area is 97.1 Å². The Morgan fingerprint density at radius 3 is 3.07 bits per heavy atom. The largest absolute Gasteiger partial charge is 0.380 e. The van der Waals surface area contributed by atoms with Gasteiger partial charge in [0.15, 0.2) is 0 Å². The summed E-state index contributed by atoms with van der Waals surface area (Å²) >= 11 is 3.38. The maximum atomic E-state index is 4.22. The number of hydrogen-bond donors (Lipinski definition) is 2. The predicted octanol–water partition coefficient (Wildman–Crippen LogP) is 3.09. The lowest BCUT2D eigenvalue weighted by Crippen LogP contribution is -1.99. The molecule has 0 unspecified atom stereocenters. The minimum absolute atomic E-state index is 0.812. The highest BCUT2D eigenvalue weighted by atomic mass is 79.9. The van der Waals surface area contributed by atoms with Gasteiger partial charge in [-0.3, -0.25) is 0 Å². The molecule has 0 aliphatic heterocycles. The van der Waals surface area contributed by atoms with Gasteiger partial charge in [0.05, 0.1) is 11.9 Å². The summed E-state index contributed by atoms with van der Waals surface area (Å²) in [4.78, 5) is 7.25. The van der Waals surface area contributed by atoms with Gasteiger partial charge in [-0.1, -0.05) is 0 Å². The lowest BCUT2D eigenvalue weighted by atomic mass is 10.3. The minimum Gasteiger partial charge on any atom is -0.380 e. The number of anilines is 1. The standard InChI is InChI=1S/C11H12BrN3/c1-8-4-10(7-15-11(8)12)14-6-9-2-3-13-5-9/h2-5,7,13-14H,6H2,1H3. The van der Waals surface area contributed by atoms with Gasteiger partial charge in [0.2, 0.25) is 0 Å². The van der Waals surface area contributed by atoms with Crippen LogP contribution >= 0.6 is 15.9 Å². The van der Waals surface area contributed by atoms with Crippen molar-refractivity contribution >= 4 is 21.6 Å². The van der Waals surface area contributed by atoms with Crippen LogP contribution < -0.4 is 5.32 Å². The van der Waals surface area contributed by atoms with Gasteiger partial charge in [-0.2, -0.15) is 0 Å². The summed E-state index contributed by atoms with van der Waals surface area (Å²) in [6.07, 6.45) is 5.72. The molecule has 0 spiro atoms. The first kappa shape index (κ1) is 10.2. The molecule has 3 nitrogen and oxygen atoms in total. The van der Waals surface area contributed by atoms with E-state index in [1.54, 1.807) is 0 Å². The summed E-state index contributed by atoms with van der Waals surface area (Å²) < 4.78 is 0.898. The van der Waals surface area contributed by atoms with Crippen molar-refractivity contribution in [3.05, 3.63) is 46.5 Å². The van der Waals surface area contributed by atoms with E-state index in [-0.39, 0.29) is 0 Å². The molecule has 0 atom stereocenters. The summed E-state index contributed by atoms with van der Waals surface area (Å²) in [6.45, 7) is 2.84.